The van der Waals surface area contributed by atoms with Crippen molar-refractivity contribution < 1.29 is 4.79 Å². The molecule has 3 nitrogen and oxygen atoms in total. The predicted octanol–water partition coefficient (Wildman–Crippen LogP) is 6.36. The minimum Gasteiger partial charge on any atom is -0.274 e. The molecule has 0 bridgehead atoms. The maximum atomic E-state index is 11.7. The molecule has 0 atom stereocenters. The van der Waals surface area contributed by atoms with Crippen LogP contribution in [0, 0.1) is 6.92 Å². The third-order valence-electron chi connectivity index (χ3n) is 3.25. The van der Waals surface area contributed by atoms with Crippen LogP contribution in [0.3, 0.4) is 0 Å². The van der Waals surface area contributed by atoms with E-state index in [9.17, 15) is 4.79 Å². The number of halogens is 4. The zero-order valence-electron chi connectivity index (χ0n) is 11.6. The fourth-order valence-corrected chi connectivity index (χ4v) is 4.38. The Morgan fingerprint density at radius 2 is 2.00 bits per heavy atom. The van der Waals surface area contributed by atoms with Gasteiger partial charge in [0.15, 0.2) is 0 Å². The molecule has 0 aliphatic rings. The molecule has 0 fully saturated rings. The number of rotatable bonds is 3. The summed E-state index contributed by atoms with van der Waals surface area (Å²) in [4.78, 5) is 12.6. The van der Waals surface area contributed by atoms with Crippen molar-refractivity contribution in [3.8, 4) is 16.3 Å². The molecule has 0 radical (unpaired) electrons. The van der Waals surface area contributed by atoms with E-state index in [1.165, 1.54) is 11.3 Å². The normalized spacial score (nSPS) is 11.0. The van der Waals surface area contributed by atoms with Gasteiger partial charge < -0.3 is 0 Å². The van der Waals surface area contributed by atoms with Crippen LogP contribution in [0.2, 0.25) is 10.0 Å². The van der Waals surface area contributed by atoms with E-state index in [1.807, 2.05) is 19.1 Å². The average molecular weight is 451 g/mol. The zero-order valence-corrected chi connectivity index (χ0v) is 16.3. The Morgan fingerprint density at radius 3 is 2.57 bits per heavy atom. The summed E-state index contributed by atoms with van der Waals surface area (Å²) in [5, 5.41) is 4.71. The zero-order chi connectivity index (χ0) is 16.7. The molecule has 0 amide bonds. The Balaban J connectivity index is 2.31. The molecule has 0 aliphatic heterocycles. The molecule has 8 heteroatoms. The Bertz CT molecular complexity index is 920. The average Bonchev–Trinajstić information content (AvgIpc) is 3.02. The predicted molar refractivity (Wildman–Crippen MR) is 99.5 cm³/mol. The van der Waals surface area contributed by atoms with Crippen molar-refractivity contribution >= 4 is 67.3 Å². The summed E-state index contributed by atoms with van der Waals surface area (Å²) in [6.07, 6.45) is 0. The summed E-state index contributed by atoms with van der Waals surface area (Å²) >= 11 is 22.9. The molecule has 0 unspecified atom stereocenters. The summed E-state index contributed by atoms with van der Waals surface area (Å²) < 4.78 is 2.60. The lowest BCUT2D eigenvalue weighted by Crippen LogP contribution is -2.01. The van der Waals surface area contributed by atoms with E-state index in [4.69, 9.17) is 34.8 Å². The van der Waals surface area contributed by atoms with E-state index in [0.29, 0.717) is 21.3 Å². The Hall–Kier alpha value is -0.850. The smallest absolute Gasteiger partial charge is 0.273 e. The highest BCUT2D eigenvalue weighted by molar-refractivity contribution is 9.11. The van der Waals surface area contributed by atoms with Gasteiger partial charge in [0, 0.05) is 10.6 Å². The molecule has 118 valence electrons. The molecule has 0 saturated carbocycles. The van der Waals surface area contributed by atoms with Gasteiger partial charge in [-0.15, -0.1) is 11.3 Å². The fraction of sp³-hybridized carbons (Fsp3) is 0.0667. The van der Waals surface area contributed by atoms with Gasteiger partial charge >= 0.3 is 0 Å². The van der Waals surface area contributed by atoms with E-state index in [2.05, 4.69) is 21.0 Å². The minimum atomic E-state index is -0.608. The lowest BCUT2D eigenvalue weighted by Gasteiger charge is -2.09. The van der Waals surface area contributed by atoms with Crippen LogP contribution in [0.5, 0.6) is 0 Å². The van der Waals surface area contributed by atoms with E-state index in [0.717, 1.165) is 14.4 Å². The topological polar surface area (TPSA) is 34.9 Å². The monoisotopic (exact) mass is 448 g/mol. The largest absolute Gasteiger partial charge is 0.274 e. The molecular weight excluding hydrogens is 443 g/mol. The van der Waals surface area contributed by atoms with Crippen LogP contribution >= 0.6 is 62.1 Å². The molecule has 0 N–H and O–H groups in total. The SMILES string of the molecule is Cc1c(C(=O)Cl)nn(-c2ccc(Cl)cc2Cl)c1-c1ccc(Br)s1. The van der Waals surface area contributed by atoms with Gasteiger partial charge in [-0.05, 0) is 64.8 Å². The lowest BCUT2D eigenvalue weighted by atomic mass is 10.2. The number of carbonyl (C=O) groups excluding carboxylic acids is 1. The third kappa shape index (κ3) is 3.21. The van der Waals surface area contributed by atoms with Gasteiger partial charge in [0.2, 0.25) is 0 Å². The van der Waals surface area contributed by atoms with Crippen molar-refractivity contribution in [2.45, 2.75) is 6.92 Å². The van der Waals surface area contributed by atoms with Crippen LogP contribution in [-0.4, -0.2) is 15.0 Å². The van der Waals surface area contributed by atoms with Gasteiger partial charge in [0.1, 0.15) is 5.69 Å². The van der Waals surface area contributed by atoms with Crippen LogP contribution in [0.25, 0.3) is 16.3 Å². The van der Waals surface area contributed by atoms with Gasteiger partial charge in [-0.3, -0.25) is 4.79 Å². The fourth-order valence-electron chi connectivity index (χ4n) is 2.24. The maximum absolute atomic E-state index is 11.7. The molecule has 3 aromatic rings. The summed E-state index contributed by atoms with van der Waals surface area (Å²) in [5.41, 5.74) is 2.30. The molecular formula is C15H8BrCl3N2OS. The van der Waals surface area contributed by atoms with Crippen LogP contribution < -0.4 is 0 Å². The Morgan fingerprint density at radius 1 is 1.26 bits per heavy atom. The molecule has 0 saturated heterocycles. The van der Waals surface area contributed by atoms with Crippen LogP contribution in [0.1, 0.15) is 16.1 Å². The standard InChI is InChI=1S/C15H8BrCl3N2OS/c1-7-13(15(19)22)20-21(10-3-2-8(17)6-9(10)18)14(7)11-4-5-12(16)23-11/h2-6H,1H3. The number of aromatic nitrogens is 2. The van der Waals surface area contributed by atoms with Crippen molar-refractivity contribution in [2.24, 2.45) is 0 Å². The molecule has 0 spiro atoms. The summed E-state index contributed by atoms with van der Waals surface area (Å²) in [5.74, 6) is 0. The quantitative estimate of drug-likeness (QED) is 0.435. The van der Waals surface area contributed by atoms with Crippen molar-refractivity contribution in [3.63, 3.8) is 0 Å². The molecule has 2 aromatic heterocycles. The van der Waals surface area contributed by atoms with E-state index >= 15 is 0 Å². The lowest BCUT2D eigenvalue weighted by molar-refractivity contribution is 0.107. The molecule has 0 aliphatic carbocycles. The molecule has 23 heavy (non-hydrogen) atoms. The van der Waals surface area contributed by atoms with Crippen LogP contribution in [0.15, 0.2) is 34.1 Å². The second kappa shape index (κ2) is 6.57. The number of benzene rings is 1. The Labute approximate surface area is 159 Å². The maximum Gasteiger partial charge on any atom is 0.273 e. The molecule has 2 heterocycles. The van der Waals surface area contributed by atoms with E-state index < -0.39 is 5.24 Å². The van der Waals surface area contributed by atoms with Gasteiger partial charge in [0.05, 0.1) is 25.1 Å². The molecule has 1 aromatic carbocycles. The highest BCUT2D eigenvalue weighted by Crippen LogP contribution is 2.37. The Kier molecular flexibility index (Phi) is 4.85. The number of thiophene rings is 1. The first-order valence-electron chi connectivity index (χ1n) is 6.39. The van der Waals surface area contributed by atoms with Crippen LogP contribution in [0.4, 0.5) is 0 Å². The first-order valence-corrected chi connectivity index (χ1v) is 9.13. The first kappa shape index (κ1) is 17.0. The van der Waals surface area contributed by atoms with Crippen molar-refractivity contribution in [1.82, 2.24) is 9.78 Å². The number of hydrogen-bond acceptors (Lipinski definition) is 3. The van der Waals surface area contributed by atoms with Crippen molar-refractivity contribution in [3.05, 3.63) is 55.4 Å². The summed E-state index contributed by atoms with van der Waals surface area (Å²) in [6.45, 7) is 1.81. The third-order valence-corrected chi connectivity index (χ3v) is 5.60. The van der Waals surface area contributed by atoms with Gasteiger partial charge in [-0.2, -0.15) is 5.10 Å². The minimum absolute atomic E-state index is 0.206. The number of nitrogens with zero attached hydrogens (tertiary/aromatic N) is 2. The van der Waals surface area contributed by atoms with Gasteiger partial charge in [-0.1, -0.05) is 23.2 Å². The van der Waals surface area contributed by atoms with E-state index in [-0.39, 0.29) is 5.69 Å². The second-order valence-corrected chi connectivity index (χ2v) is 8.36. The van der Waals surface area contributed by atoms with Crippen LogP contribution in [-0.2, 0) is 0 Å². The van der Waals surface area contributed by atoms with Gasteiger partial charge in [-0.25, -0.2) is 4.68 Å². The summed E-state index contributed by atoms with van der Waals surface area (Å²) in [7, 11) is 0. The van der Waals surface area contributed by atoms with Gasteiger partial charge in [0.25, 0.3) is 5.24 Å². The highest BCUT2D eigenvalue weighted by Gasteiger charge is 2.23. The summed E-state index contributed by atoms with van der Waals surface area (Å²) in [6, 6.07) is 8.98. The second-order valence-electron chi connectivity index (χ2n) is 4.71. The molecule has 3 rings (SSSR count). The van der Waals surface area contributed by atoms with Crippen molar-refractivity contribution in [1.29, 1.82) is 0 Å². The van der Waals surface area contributed by atoms with E-state index in [1.54, 1.807) is 22.9 Å². The van der Waals surface area contributed by atoms with Crippen molar-refractivity contribution in [2.75, 3.05) is 0 Å². The number of hydrogen-bond donors (Lipinski definition) is 0. The highest BCUT2D eigenvalue weighted by atomic mass is 79.9. The first-order chi connectivity index (χ1) is 10.9. The number of carbonyl (C=O) groups is 1.